The summed E-state index contributed by atoms with van der Waals surface area (Å²) in [4.78, 5) is 32.8. The van der Waals surface area contributed by atoms with E-state index in [9.17, 15) is 14.4 Å². The number of hydrogen-bond acceptors (Lipinski definition) is 5. The molecule has 0 radical (unpaired) electrons. The van der Waals surface area contributed by atoms with Gasteiger partial charge in [-0.15, -0.1) is 23.2 Å². The van der Waals surface area contributed by atoms with Crippen molar-refractivity contribution in [1.29, 1.82) is 0 Å². The number of amides is 1. The van der Waals surface area contributed by atoms with E-state index in [-0.39, 0.29) is 37.2 Å². The fourth-order valence-electron chi connectivity index (χ4n) is 1.09. The number of carboxylic acid groups (broad SMARTS) is 1. The summed E-state index contributed by atoms with van der Waals surface area (Å²) in [6.07, 6.45) is 0.0414. The molecule has 19 heavy (non-hydrogen) atoms. The Morgan fingerprint density at radius 2 is 1.89 bits per heavy atom. The highest BCUT2D eigenvalue weighted by atomic mass is 35.5. The van der Waals surface area contributed by atoms with Gasteiger partial charge in [0.15, 0.2) is 5.78 Å². The Labute approximate surface area is 120 Å². The van der Waals surface area contributed by atoms with Crippen LogP contribution in [0.5, 0.6) is 0 Å². The summed E-state index contributed by atoms with van der Waals surface area (Å²) in [5, 5.41) is 11.1. The van der Waals surface area contributed by atoms with Crippen LogP contribution in [0, 0.1) is 0 Å². The van der Waals surface area contributed by atoms with Crippen molar-refractivity contribution in [1.82, 2.24) is 5.32 Å². The highest BCUT2D eigenvalue weighted by molar-refractivity contribution is 6.28. The van der Waals surface area contributed by atoms with Crippen LogP contribution in [0.4, 0.5) is 0 Å². The maximum Gasteiger partial charge on any atom is 0.326 e. The number of carbonyl (C=O) groups excluding carboxylic acids is 2. The van der Waals surface area contributed by atoms with Gasteiger partial charge in [0.1, 0.15) is 11.9 Å². The standard InChI is InChI=1S/C10H16Cl2N2O5/c11-3-8(15)6(13)5-19-2-1-7(10(17)18)14-9(16)4-12/h6-7H,1-5,13H2,(H,14,16)(H,17,18). The molecule has 2 atom stereocenters. The van der Waals surface area contributed by atoms with E-state index in [1.165, 1.54) is 0 Å². The molecule has 0 saturated carbocycles. The highest BCUT2D eigenvalue weighted by Gasteiger charge is 2.19. The Balaban J connectivity index is 3.97. The molecule has 0 aromatic rings. The number of hydrogen-bond donors (Lipinski definition) is 3. The number of ether oxygens (including phenoxy) is 1. The summed E-state index contributed by atoms with van der Waals surface area (Å²) in [5.74, 6) is -2.65. The fourth-order valence-corrected chi connectivity index (χ4v) is 1.37. The van der Waals surface area contributed by atoms with Crippen LogP contribution in [-0.2, 0) is 19.1 Å². The van der Waals surface area contributed by atoms with Gasteiger partial charge in [-0.25, -0.2) is 4.79 Å². The summed E-state index contributed by atoms with van der Waals surface area (Å²) < 4.78 is 5.06. The summed E-state index contributed by atoms with van der Waals surface area (Å²) in [5.41, 5.74) is 5.44. The first kappa shape index (κ1) is 18.1. The Morgan fingerprint density at radius 3 is 2.37 bits per heavy atom. The van der Waals surface area contributed by atoms with Crippen LogP contribution in [-0.4, -0.2) is 59.8 Å². The first-order chi connectivity index (χ1) is 8.92. The molecular weight excluding hydrogens is 299 g/mol. The molecular formula is C10H16Cl2N2O5. The van der Waals surface area contributed by atoms with E-state index in [1.54, 1.807) is 0 Å². The maximum absolute atomic E-state index is 11.0. The van der Waals surface area contributed by atoms with E-state index >= 15 is 0 Å². The van der Waals surface area contributed by atoms with Gasteiger partial charge < -0.3 is 20.9 Å². The Morgan fingerprint density at radius 1 is 1.26 bits per heavy atom. The van der Waals surface area contributed by atoms with Gasteiger partial charge in [0.25, 0.3) is 0 Å². The summed E-state index contributed by atoms with van der Waals surface area (Å²) in [6, 6.07) is -1.93. The van der Waals surface area contributed by atoms with Crippen LogP contribution in [0.15, 0.2) is 0 Å². The van der Waals surface area contributed by atoms with Crippen molar-refractivity contribution < 1.29 is 24.2 Å². The van der Waals surface area contributed by atoms with Crippen LogP contribution in [0.3, 0.4) is 0 Å². The number of aliphatic carboxylic acids is 1. The second kappa shape index (κ2) is 9.96. The minimum Gasteiger partial charge on any atom is -0.480 e. The molecule has 0 aromatic carbocycles. The molecule has 0 spiro atoms. The average molecular weight is 315 g/mol. The van der Waals surface area contributed by atoms with Crippen molar-refractivity contribution in [3.05, 3.63) is 0 Å². The molecule has 4 N–H and O–H groups in total. The van der Waals surface area contributed by atoms with Crippen LogP contribution in [0.2, 0.25) is 0 Å². The van der Waals surface area contributed by atoms with Gasteiger partial charge in [0, 0.05) is 13.0 Å². The topological polar surface area (TPSA) is 119 Å². The zero-order valence-corrected chi connectivity index (χ0v) is 11.6. The number of carboxylic acids is 1. The number of nitrogens with one attached hydrogen (secondary N) is 1. The molecule has 0 rings (SSSR count). The maximum atomic E-state index is 11.0. The quantitative estimate of drug-likeness (QED) is 0.364. The minimum atomic E-state index is -1.19. The number of rotatable bonds is 10. The zero-order chi connectivity index (χ0) is 14.8. The van der Waals surface area contributed by atoms with E-state index in [1.807, 2.05) is 0 Å². The predicted molar refractivity (Wildman–Crippen MR) is 69.4 cm³/mol. The second-order valence-corrected chi connectivity index (χ2v) is 4.20. The number of ketones is 1. The smallest absolute Gasteiger partial charge is 0.326 e. The monoisotopic (exact) mass is 314 g/mol. The predicted octanol–water partition coefficient (Wildman–Crippen LogP) is -0.663. The normalized spacial score (nSPS) is 13.6. The van der Waals surface area contributed by atoms with Crippen molar-refractivity contribution in [3.63, 3.8) is 0 Å². The van der Waals surface area contributed by atoms with Gasteiger partial charge in [0.05, 0.1) is 18.5 Å². The van der Waals surface area contributed by atoms with Gasteiger partial charge in [-0.2, -0.15) is 0 Å². The van der Waals surface area contributed by atoms with E-state index in [0.717, 1.165) is 0 Å². The number of halogens is 2. The lowest BCUT2D eigenvalue weighted by Gasteiger charge is -2.14. The van der Waals surface area contributed by atoms with E-state index in [0.29, 0.717) is 0 Å². The van der Waals surface area contributed by atoms with Crippen molar-refractivity contribution in [2.75, 3.05) is 25.0 Å². The van der Waals surface area contributed by atoms with Crippen molar-refractivity contribution in [3.8, 4) is 0 Å². The lowest BCUT2D eigenvalue weighted by Crippen LogP contribution is -2.42. The largest absolute Gasteiger partial charge is 0.480 e. The molecule has 7 nitrogen and oxygen atoms in total. The van der Waals surface area contributed by atoms with Crippen molar-refractivity contribution in [2.45, 2.75) is 18.5 Å². The highest BCUT2D eigenvalue weighted by Crippen LogP contribution is 1.96. The lowest BCUT2D eigenvalue weighted by molar-refractivity contribution is -0.142. The van der Waals surface area contributed by atoms with Crippen molar-refractivity contribution >= 4 is 40.9 Å². The SMILES string of the molecule is NC(COCCC(NC(=O)CCl)C(=O)O)C(=O)CCl. The Kier molecular flexibility index (Phi) is 9.50. The molecule has 1 amide bonds. The average Bonchev–Trinajstić information content (AvgIpc) is 2.40. The van der Waals surface area contributed by atoms with E-state index < -0.39 is 24.0 Å². The Hall–Kier alpha value is -0.890. The van der Waals surface area contributed by atoms with Gasteiger partial charge in [-0.1, -0.05) is 0 Å². The zero-order valence-electron chi connectivity index (χ0n) is 10.1. The molecule has 0 aliphatic carbocycles. The number of alkyl halides is 2. The third kappa shape index (κ3) is 7.99. The molecule has 0 fully saturated rings. The molecule has 0 heterocycles. The minimum absolute atomic E-state index is 0.0306. The lowest BCUT2D eigenvalue weighted by atomic mass is 10.2. The number of Topliss-reactive ketones (excluding diaryl/α,β-unsaturated/α-hetero) is 1. The molecule has 0 saturated heterocycles. The van der Waals surface area contributed by atoms with Crippen LogP contribution in [0.1, 0.15) is 6.42 Å². The van der Waals surface area contributed by atoms with Crippen LogP contribution < -0.4 is 11.1 Å². The molecule has 110 valence electrons. The molecule has 0 aliphatic rings. The van der Waals surface area contributed by atoms with Crippen LogP contribution in [0.25, 0.3) is 0 Å². The van der Waals surface area contributed by atoms with Gasteiger partial charge in [-0.3, -0.25) is 9.59 Å². The summed E-state index contributed by atoms with van der Waals surface area (Å²) in [6.45, 7) is -0.0237. The molecule has 2 unspecified atom stereocenters. The van der Waals surface area contributed by atoms with E-state index in [2.05, 4.69) is 5.32 Å². The molecule has 9 heteroatoms. The first-order valence-corrected chi connectivity index (χ1v) is 6.49. The summed E-state index contributed by atoms with van der Waals surface area (Å²) >= 11 is 10.6. The van der Waals surface area contributed by atoms with Crippen LogP contribution >= 0.6 is 23.2 Å². The van der Waals surface area contributed by atoms with Crippen molar-refractivity contribution in [2.24, 2.45) is 5.73 Å². The molecule has 0 bridgehead atoms. The molecule has 0 aliphatic heterocycles. The molecule has 0 aromatic heterocycles. The second-order valence-electron chi connectivity index (χ2n) is 3.66. The third-order valence-corrected chi connectivity index (χ3v) is 2.65. The third-order valence-electron chi connectivity index (χ3n) is 2.15. The van der Waals surface area contributed by atoms with Gasteiger partial charge in [0.2, 0.25) is 5.91 Å². The number of nitrogens with two attached hydrogens (primary N) is 1. The summed E-state index contributed by atoms with van der Waals surface area (Å²) in [7, 11) is 0. The van der Waals surface area contributed by atoms with Gasteiger partial charge in [-0.05, 0) is 0 Å². The first-order valence-electron chi connectivity index (χ1n) is 5.42. The van der Waals surface area contributed by atoms with Gasteiger partial charge >= 0.3 is 5.97 Å². The fraction of sp³-hybridized carbons (Fsp3) is 0.700. The Bertz CT molecular complexity index is 327. The number of carbonyl (C=O) groups is 3. The van der Waals surface area contributed by atoms with E-state index in [4.69, 9.17) is 38.8 Å².